The van der Waals surface area contributed by atoms with Crippen LogP contribution in [0, 0.1) is 0 Å². The summed E-state index contributed by atoms with van der Waals surface area (Å²) in [7, 11) is 10.7. The van der Waals surface area contributed by atoms with Crippen LogP contribution in [0.15, 0.2) is 39.6 Å². The second-order valence-corrected chi connectivity index (χ2v) is 16.5. The second-order valence-electron chi connectivity index (χ2n) is 9.60. The third-order valence-electron chi connectivity index (χ3n) is 5.30. The van der Waals surface area contributed by atoms with E-state index in [1.165, 1.54) is 0 Å². The number of benzene rings is 1. The summed E-state index contributed by atoms with van der Waals surface area (Å²) in [4.78, 5) is 0. The van der Waals surface area contributed by atoms with E-state index in [0.29, 0.717) is 0 Å². The van der Waals surface area contributed by atoms with Crippen LogP contribution in [0.25, 0.3) is 0 Å². The van der Waals surface area contributed by atoms with Gasteiger partial charge in [0, 0.05) is 12.2 Å². The standard InChI is InChI=1S/C21H43N7P2/c1-21(2,3)23-29(24-30(25(4)5,26(6)7)27(8)9)20(17-14-18-28(29)10)22-19-15-12-11-13-16-19/h11-13,15-16,20,22H,14,17-18H2,1-10H3. The van der Waals surface area contributed by atoms with Crippen molar-refractivity contribution in [2.75, 3.05) is 61.2 Å². The van der Waals surface area contributed by atoms with Crippen LogP contribution in [0.3, 0.4) is 0 Å². The fraction of sp³-hybridized carbons (Fsp3) is 0.714. The number of hydrogen-bond donors (Lipinski definition) is 1. The zero-order valence-electron chi connectivity index (χ0n) is 20.7. The molecule has 30 heavy (non-hydrogen) atoms. The highest BCUT2D eigenvalue weighted by atomic mass is 31.2. The van der Waals surface area contributed by atoms with E-state index < -0.39 is 14.9 Å². The first kappa shape index (κ1) is 25.6. The zero-order valence-corrected chi connectivity index (χ0v) is 22.5. The molecule has 0 bridgehead atoms. The van der Waals surface area contributed by atoms with Gasteiger partial charge in [-0.1, -0.05) is 18.2 Å². The number of hydrogen-bond acceptors (Lipinski definition) is 2. The van der Waals surface area contributed by atoms with Crippen molar-refractivity contribution < 1.29 is 0 Å². The third-order valence-corrected chi connectivity index (χ3v) is 13.9. The van der Waals surface area contributed by atoms with Crippen molar-refractivity contribution in [1.82, 2.24) is 18.7 Å². The molecule has 0 amide bonds. The van der Waals surface area contributed by atoms with Gasteiger partial charge < -0.3 is 5.32 Å². The Bertz CT molecular complexity index is 769. The molecule has 9 heteroatoms. The molecular weight excluding hydrogens is 412 g/mol. The van der Waals surface area contributed by atoms with Gasteiger partial charge in [0.15, 0.2) is 14.9 Å². The molecule has 1 aromatic rings. The second kappa shape index (κ2) is 9.85. The van der Waals surface area contributed by atoms with Crippen LogP contribution >= 0.6 is 14.9 Å². The molecule has 1 aliphatic heterocycles. The topological polar surface area (TPSA) is 49.7 Å². The van der Waals surface area contributed by atoms with Gasteiger partial charge in [-0.15, -0.1) is 0 Å². The molecule has 1 fully saturated rings. The SMILES string of the molecule is CN1CCCC(Nc2ccccc2)P1(=NC(C)(C)C)N=P(N(C)C)(N(C)C)N(C)C. The lowest BCUT2D eigenvalue weighted by Gasteiger charge is -2.48. The number of para-hydroxylation sites is 1. The highest BCUT2D eigenvalue weighted by Gasteiger charge is 2.43. The monoisotopic (exact) mass is 455 g/mol. The Labute approximate surface area is 185 Å². The van der Waals surface area contributed by atoms with Crippen LogP contribution in [0.5, 0.6) is 0 Å². The average molecular weight is 456 g/mol. The molecular formula is C21H43N7P2. The van der Waals surface area contributed by atoms with Gasteiger partial charge in [-0.25, -0.2) is 4.52 Å². The molecule has 7 nitrogen and oxygen atoms in total. The summed E-state index contributed by atoms with van der Waals surface area (Å²) in [6, 6.07) is 10.5. The van der Waals surface area contributed by atoms with E-state index in [1.807, 2.05) is 0 Å². The Hall–Kier alpha value is -0.680. The maximum absolute atomic E-state index is 5.84. The number of nitrogens with one attached hydrogen (secondary N) is 1. The predicted molar refractivity (Wildman–Crippen MR) is 135 cm³/mol. The molecule has 1 N–H and O–H groups in total. The predicted octanol–water partition coefficient (Wildman–Crippen LogP) is 5.61. The van der Waals surface area contributed by atoms with Crippen molar-refractivity contribution in [2.45, 2.75) is 44.9 Å². The smallest absolute Gasteiger partial charge is 0.172 e. The minimum Gasteiger partial charge on any atom is -0.374 e. The lowest BCUT2D eigenvalue weighted by atomic mass is 10.1. The molecule has 0 saturated carbocycles. The van der Waals surface area contributed by atoms with Gasteiger partial charge in [-0.3, -0.25) is 23.4 Å². The van der Waals surface area contributed by atoms with Gasteiger partial charge in [0.2, 0.25) is 0 Å². The highest BCUT2D eigenvalue weighted by molar-refractivity contribution is 7.73. The normalized spacial score (nSPS) is 23.8. The van der Waals surface area contributed by atoms with Gasteiger partial charge in [-0.05, 0) is 95.1 Å². The number of rotatable bonds is 6. The molecule has 1 aromatic carbocycles. The summed E-state index contributed by atoms with van der Waals surface area (Å²) in [6.45, 7) is 7.63. The molecule has 0 spiro atoms. The van der Waals surface area contributed by atoms with Crippen LogP contribution in [-0.4, -0.2) is 85.9 Å². The molecule has 2 unspecified atom stereocenters. The number of anilines is 1. The first-order chi connectivity index (χ1) is 13.8. The Kier molecular flexibility index (Phi) is 8.40. The van der Waals surface area contributed by atoms with E-state index in [2.05, 4.69) is 124 Å². The van der Waals surface area contributed by atoms with Crippen molar-refractivity contribution >= 4 is 20.5 Å². The minimum absolute atomic E-state index is 0.180. The molecule has 1 saturated heterocycles. The summed E-state index contributed by atoms with van der Waals surface area (Å²) in [5, 5.41) is 3.85. The van der Waals surface area contributed by atoms with Gasteiger partial charge in [0.1, 0.15) is 0 Å². The fourth-order valence-electron chi connectivity index (χ4n) is 4.19. The van der Waals surface area contributed by atoms with Crippen LogP contribution < -0.4 is 5.32 Å². The van der Waals surface area contributed by atoms with E-state index >= 15 is 0 Å². The van der Waals surface area contributed by atoms with Crippen molar-refractivity contribution in [2.24, 2.45) is 9.26 Å². The average Bonchev–Trinajstić information content (AvgIpc) is 2.62. The number of nitrogens with zero attached hydrogens (tertiary/aromatic N) is 6. The van der Waals surface area contributed by atoms with Gasteiger partial charge in [0.05, 0.1) is 11.3 Å². The van der Waals surface area contributed by atoms with Crippen molar-refractivity contribution in [3.05, 3.63) is 30.3 Å². The van der Waals surface area contributed by atoms with Crippen LogP contribution in [0.4, 0.5) is 5.69 Å². The molecule has 0 aliphatic carbocycles. The fourth-order valence-corrected chi connectivity index (χ4v) is 13.8. The van der Waals surface area contributed by atoms with Crippen LogP contribution in [-0.2, 0) is 0 Å². The molecule has 1 heterocycles. The van der Waals surface area contributed by atoms with Crippen molar-refractivity contribution in [1.29, 1.82) is 0 Å². The summed E-state index contributed by atoms with van der Waals surface area (Å²) in [5.41, 5.74) is 0.963. The van der Waals surface area contributed by atoms with Crippen LogP contribution in [0.2, 0.25) is 0 Å². The Balaban J connectivity index is 2.85. The van der Waals surface area contributed by atoms with E-state index in [1.54, 1.807) is 0 Å². The van der Waals surface area contributed by atoms with E-state index in [9.17, 15) is 0 Å². The first-order valence-electron chi connectivity index (χ1n) is 10.7. The summed E-state index contributed by atoms with van der Waals surface area (Å²) >= 11 is 0. The summed E-state index contributed by atoms with van der Waals surface area (Å²) < 4.78 is 20.8. The van der Waals surface area contributed by atoms with E-state index in [0.717, 1.165) is 25.1 Å². The first-order valence-corrected chi connectivity index (χ1v) is 14.0. The molecule has 0 radical (unpaired) electrons. The van der Waals surface area contributed by atoms with Crippen molar-refractivity contribution in [3.8, 4) is 0 Å². The highest BCUT2D eigenvalue weighted by Crippen LogP contribution is 2.71. The summed E-state index contributed by atoms with van der Waals surface area (Å²) in [5.74, 6) is 0.192. The van der Waals surface area contributed by atoms with Gasteiger partial charge in [-0.2, -0.15) is 0 Å². The quantitative estimate of drug-likeness (QED) is 0.565. The molecule has 2 rings (SSSR count). The maximum Gasteiger partial charge on any atom is 0.172 e. The van der Waals surface area contributed by atoms with Crippen LogP contribution in [0.1, 0.15) is 33.6 Å². The molecule has 0 aromatic heterocycles. The molecule has 1 aliphatic rings. The maximum atomic E-state index is 5.84. The minimum atomic E-state index is -2.27. The molecule has 2 atom stereocenters. The Morgan fingerprint density at radius 1 is 1.00 bits per heavy atom. The Morgan fingerprint density at radius 2 is 1.53 bits per heavy atom. The Morgan fingerprint density at radius 3 is 2.00 bits per heavy atom. The largest absolute Gasteiger partial charge is 0.374 e. The van der Waals surface area contributed by atoms with Crippen molar-refractivity contribution in [3.63, 3.8) is 0 Å². The van der Waals surface area contributed by atoms with Gasteiger partial charge in [0.25, 0.3) is 0 Å². The third kappa shape index (κ3) is 5.38. The summed E-state index contributed by atoms with van der Waals surface area (Å²) in [6.07, 6.45) is 2.22. The molecule has 172 valence electrons. The zero-order chi connectivity index (χ0) is 22.7. The van der Waals surface area contributed by atoms with E-state index in [-0.39, 0.29) is 11.3 Å². The van der Waals surface area contributed by atoms with Gasteiger partial charge >= 0.3 is 0 Å². The van der Waals surface area contributed by atoms with E-state index in [4.69, 9.17) is 9.26 Å². The lowest BCUT2D eigenvalue weighted by Crippen LogP contribution is -2.37. The lowest BCUT2D eigenvalue weighted by molar-refractivity contribution is 0.450.